The quantitative estimate of drug-likeness (QED) is 0.767. The predicted molar refractivity (Wildman–Crippen MR) is 101 cm³/mol. The van der Waals surface area contributed by atoms with Gasteiger partial charge in [-0.05, 0) is 45.0 Å². The minimum absolute atomic E-state index is 0.0575. The average molecular weight is 393 g/mol. The van der Waals surface area contributed by atoms with Gasteiger partial charge in [-0.1, -0.05) is 6.07 Å². The zero-order valence-corrected chi connectivity index (χ0v) is 16.1. The summed E-state index contributed by atoms with van der Waals surface area (Å²) in [6.07, 6.45) is 0.940. The number of hydrogen-bond acceptors (Lipinski definition) is 5. The molecule has 2 fully saturated rings. The van der Waals surface area contributed by atoms with Gasteiger partial charge in [-0.25, -0.2) is 4.39 Å². The fraction of sp³-hybridized carbons (Fsp3) is 0.600. The largest absolute Gasteiger partial charge is 0.484 e. The normalized spacial score (nSPS) is 26.0. The molecule has 1 heterocycles. The van der Waals surface area contributed by atoms with Crippen LogP contribution in [-0.4, -0.2) is 78.7 Å². The van der Waals surface area contributed by atoms with Crippen molar-refractivity contribution >= 4 is 11.8 Å². The Bertz CT molecular complexity index is 702. The van der Waals surface area contributed by atoms with Crippen LogP contribution in [0.2, 0.25) is 0 Å². The fourth-order valence-electron chi connectivity index (χ4n) is 3.85. The molecule has 3 atom stereocenters. The third kappa shape index (κ3) is 5.42. The molecule has 3 rings (SSSR count). The van der Waals surface area contributed by atoms with Gasteiger partial charge in [0, 0.05) is 31.6 Å². The molecule has 7 nitrogen and oxygen atoms in total. The van der Waals surface area contributed by atoms with E-state index >= 15 is 0 Å². The first-order chi connectivity index (χ1) is 13.4. The summed E-state index contributed by atoms with van der Waals surface area (Å²) < 4.78 is 18.4. The smallest absolute Gasteiger partial charge is 0.258 e. The van der Waals surface area contributed by atoms with Crippen LogP contribution in [0.3, 0.4) is 0 Å². The van der Waals surface area contributed by atoms with Gasteiger partial charge in [0.2, 0.25) is 5.91 Å². The lowest BCUT2D eigenvalue weighted by molar-refractivity contribution is -0.135. The molecule has 1 aliphatic heterocycles. The van der Waals surface area contributed by atoms with Crippen molar-refractivity contribution in [2.24, 2.45) is 5.92 Å². The molecule has 1 saturated carbocycles. The predicted octanol–water partition coefficient (Wildman–Crippen LogP) is 0.624. The molecule has 0 spiro atoms. The molecule has 154 valence electrons. The molecule has 2 N–H and O–H groups in total. The summed E-state index contributed by atoms with van der Waals surface area (Å²) in [5, 5.41) is 13.0. The topological polar surface area (TPSA) is 82.1 Å². The lowest BCUT2D eigenvalue weighted by atomic mass is 10.1. The molecule has 2 amide bonds. The summed E-state index contributed by atoms with van der Waals surface area (Å²) >= 11 is 0. The summed E-state index contributed by atoms with van der Waals surface area (Å²) in [5.74, 6) is -0.806. The molecule has 8 heteroatoms. The molecule has 28 heavy (non-hydrogen) atoms. The second kappa shape index (κ2) is 9.34. The lowest BCUT2D eigenvalue weighted by Crippen LogP contribution is -2.42. The Kier molecular flexibility index (Phi) is 6.85. The minimum atomic E-state index is -0.762. The van der Waals surface area contributed by atoms with E-state index in [1.807, 2.05) is 11.9 Å². The van der Waals surface area contributed by atoms with Gasteiger partial charge in [0.15, 0.2) is 6.61 Å². The van der Waals surface area contributed by atoms with Gasteiger partial charge in [0.05, 0.1) is 12.1 Å². The van der Waals surface area contributed by atoms with Crippen LogP contribution in [0.15, 0.2) is 24.3 Å². The van der Waals surface area contributed by atoms with Crippen LogP contribution in [0.1, 0.15) is 19.3 Å². The molecule has 0 radical (unpaired) electrons. The first-order valence-electron chi connectivity index (χ1n) is 9.75. The summed E-state index contributed by atoms with van der Waals surface area (Å²) in [6, 6.07) is 5.08. The number of benzene rings is 1. The molecular formula is C20H28FN3O4. The van der Waals surface area contributed by atoms with Crippen molar-refractivity contribution in [2.45, 2.75) is 31.4 Å². The van der Waals surface area contributed by atoms with Crippen LogP contribution >= 0.6 is 0 Å². The molecule has 2 aliphatic rings. The second-order valence-corrected chi connectivity index (χ2v) is 7.64. The number of aliphatic hydroxyl groups is 1. The van der Waals surface area contributed by atoms with Gasteiger partial charge in [0.25, 0.3) is 5.91 Å². The van der Waals surface area contributed by atoms with E-state index in [0.29, 0.717) is 19.4 Å². The van der Waals surface area contributed by atoms with E-state index < -0.39 is 23.9 Å². The number of likely N-dealkylation sites (N-methyl/N-ethyl adjacent to an activating group) is 1. The summed E-state index contributed by atoms with van der Waals surface area (Å²) in [5.41, 5.74) is 0. The monoisotopic (exact) mass is 393 g/mol. The van der Waals surface area contributed by atoms with E-state index in [9.17, 15) is 19.1 Å². The third-order valence-electron chi connectivity index (χ3n) is 5.42. The molecule has 1 aromatic rings. The molecular weight excluding hydrogens is 365 g/mol. The first-order valence-corrected chi connectivity index (χ1v) is 9.75. The van der Waals surface area contributed by atoms with Crippen molar-refractivity contribution in [3.8, 4) is 5.75 Å². The van der Waals surface area contributed by atoms with Crippen LogP contribution < -0.4 is 10.1 Å². The number of carbonyl (C=O) groups excluding carboxylic acids is 2. The van der Waals surface area contributed by atoms with Crippen molar-refractivity contribution < 1.29 is 23.8 Å². The molecule has 0 bridgehead atoms. The SMILES string of the molecule is CN1CCCN(C(=O)[C@@H]2C[C@@H](O)[C@H](NC(=O)COc3cccc(F)c3)C2)CC1. The van der Waals surface area contributed by atoms with Crippen molar-refractivity contribution in [3.63, 3.8) is 0 Å². The summed E-state index contributed by atoms with van der Waals surface area (Å²) in [4.78, 5) is 29.0. The number of hydrogen-bond donors (Lipinski definition) is 2. The first kappa shape index (κ1) is 20.5. The molecule has 0 unspecified atom stereocenters. The van der Waals surface area contributed by atoms with E-state index in [-0.39, 0.29) is 24.2 Å². The van der Waals surface area contributed by atoms with Gasteiger partial charge in [-0.3, -0.25) is 9.59 Å². The maximum Gasteiger partial charge on any atom is 0.258 e. The highest BCUT2D eigenvalue weighted by Gasteiger charge is 2.39. The maximum absolute atomic E-state index is 13.1. The van der Waals surface area contributed by atoms with Crippen molar-refractivity contribution in [2.75, 3.05) is 39.8 Å². The van der Waals surface area contributed by atoms with E-state index in [1.54, 1.807) is 6.07 Å². The Balaban J connectivity index is 1.47. The number of nitrogens with zero attached hydrogens (tertiary/aromatic N) is 2. The molecule has 0 aromatic heterocycles. The maximum atomic E-state index is 13.1. The van der Waals surface area contributed by atoms with E-state index in [4.69, 9.17) is 4.74 Å². The van der Waals surface area contributed by atoms with Gasteiger partial charge < -0.3 is 25.0 Å². The van der Waals surface area contributed by atoms with Crippen molar-refractivity contribution in [3.05, 3.63) is 30.1 Å². The molecule has 1 saturated heterocycles. The van der Waals surface area contributed by atoms with Crippen LogP contribution in [0, 0.1) is 11.7 Å². The number of aliphatic hydroxyl groups excluding tert-OH is 1. The average Bonchev–Trinajstić information content (AvgIpc) is 2.88. The van der Waals surface area contributed by atoms with Crippen LogP contribution in [0.5, 0.6) is 5.75 Å². The summed E-state index contributed by atoms with van der Waals surface area (Å²) in [6.45, 7) is 2.97. The zero-order chi connectivity index (χ0) is 20.1. The van der Waals surface area contributed by atoms with E-state index in [0.717, 1.165) is 26.1 Å². The summed E-state index contributed by atoms with van der Waals surface area (Å²) in [7, 11) is 2.05. The number of halogens is 1. The number of amides is 2. The van der Waals surface area contributed by atoms with Crippen LogP contribution in [0.25, 0.3) is 0 Å². The minimum Gasteiger partial charge on any atom is -0.484 e. The highest BCUT2D eigenvalue weighted by Crippen LogP contribution is 2.28. The van der Waals surface area contributed by atoms with Crippen molar-refractivity contribution in [1.29, 1.82) is 0 Å². The number of carbonyl (C=O) groups is 2. The van der Waals surface area contributed by atoms with Crippen molar-refractivity contribution in [1.82, 2.24) is 15.1 Å². The lowest BCUT2D eigenvalue weighted by Gasteiger charge is -2.24. The zero-order valence-electron chi connectivity index (χ0n) is 16.1. The third-order valence-corrected chi connectivity index (χ3v) is 5.42. The van der Waals surface area contributed by atoms with Gasteiger partial charge in [0.1, 0.15) is 11.6 Å². The molecule has 1 aliphatic carbocycles. The highest BCUT2D eigenvalue weighted by atomic mass is 19.1. The van der Waals surface area contributed by atoms with Gasteiger partial charge in [-0.15, -0.1) is 0 Å². The van der Waals surface area contributed by atoms with E-state index in [1.165, 1.54) is 18.2 Å². The Hall–Kier alpha value is -2.19. The Morgan fingerprint density at radius 2 is 2.07 bits per heavy atom. The molecule has 1 aromatic carbocycles. The van der Waals surface area contributed by atoms with Gasteiger partial charge in [-0.2, -0.15) is 0 Å². The van der Waals surface area contributed by atoms with Crippen LogP contribution in [0.4, 0.5) is 4.39 Å². The Morgan fingerprint density at radius 3 is 2.86 bits per heavy atom. The number of rotatable bonds is 5. The fourth-order valence-corrected chi connectivity index (χ4v) is 3.85. The number of ether oxygens (including phenoxy) is 1. The second-order valence-electron chi connectivity index (χ2n) is 7.64. The van der Waals surface area contributed by atoms with Crippen LogP contribution in [-0.2, 0) is 9.59 Å². The Morgan fingerprint density at radius 1 is 1.25 bits per heavy atom. The standard InChI is InChI=1S/C20H28FN3O4/c1-23-6-3-7-24(9-8-23)20(27)14-10-17(18(25)11-14)22-19(26)13-28-16-5-2-4-15(21)12-16/h2,4-5,12,14,17-18,25H,3,6-11,13H2,1H3,(H,22,26)/t14-,17+,18+/m0/s1. The number of nitrogens with one attached hydrogen (secondary N) is 1. The Labute approximate surface area is 164 Å². The van der Waals surface area contributed by atoms with E-state index in [2.05, 4.69) is 10.2 Å². The van der Waals surface area contributed by atoms with Gasteiger partial charge >= 0.3 is 0 Å². The highest BCUT2D eigenvalue weighted by molar-refractivity contribution is 5.80.